The van der Waals surface area contributed by atoms with Crippen LogP contribution < -0.4 is 5.73 Å². The fourth-order valence-corrected chi connectivity index (χ4v) is 0.926. The summed E-state index contributed by atoms with van der Waals surface area (Å²) in [5, 5.41) is 2.84. The standard InChI is InChI=1S/C7H9IN2S/c1-6(10-2)7(5-9)3-4-11-8/h5H,9H2,1-2H3/b7-5-,10-6?. The Hall–Kier alpha value is -0.150. The minimum Gasteiger partial charge on any atom is -0.404 e. The highest BCUT2D eigenvalue weighted by atomic mass is 127. The molecule has 0 unspecified atom stereocenters. The van der Waals surface area contributed by atoms with Crippen LogP contribution in [0.5, 0.6) is 0 Å². The molecule has 0 aromatic heterocycles. The zero-order valence-electron chi connectivity index (χ0n) is 6.39. The predicted molar refractivity (Wildman–Crippen MR) is 60.7 cm³/mol. The number of nitrogens with zero attached hydrogens (tertiary/aromatic N) is 1. The third-order valence-corrected chi connectivity index (χ3v) is 1.96. The van der Waals surface area contributed by atoms with Crippen molar-refractivity contribution in [1.29, 1.82) is 0 Å². The molecule has 11 heavy (non-hydrogen) atoms. The summed E-state index contributed by atoms with van der Waals surface area (Å²) in [7, 11) is 3.15. The van der Waals surface area contributed by atoms with Gasteiger partial charge in [-0.25, -0.2) is 0 Å². The lowest BCUT2D eigenvalue weighted by atomic mass is 10.2. The smallest absolute Gasteiger partial charge is 0.0616 e. The van der Waals surface area contributed by atoms with Crippen molar-refractivity contribution in [2.24, 2.45) is 10.7 Å². The van der Waals surface area contributed by atoms with Crippen molar-refractivity contribution in [1.82, 2.24) is 0 Å². The van der Waals surface area contributed by atoms with Gasteiger partial charge in [-0.05, 0) is 21.1 Å². The van der Waals surface area contributed by atoms with E-state index in [2.05, 4.69) is 37.4 Å². The van der Waals surface area contributed by atoms with Crippen LogP contribution >= 0.6 is 30.1 Å². The van der Waals surface area contributed by atoms with Gasteiger partial charge in [0.05, 0.1) is 5.57 Å². The topological polar surface area (TPSA) is 38.4 Å². The molecule has 0 amide bonds. The zero-order chi connectivity index (χ0) is 8.69. The average molecular weight is 280 g/mol. The number of hydrogen-bond donors (Lipinski definition) is 1. The van der Waals surface area contributed by atoms with Crippen LogP contribution in [0.3, 0.4) is 0 Å². The van der Waals surface area contributed by atoms with Gasteiger partial charge in [0.25, 0.3) is 0 Å². The monoisotopic (exact) mass is 280 g/mol. The highest BCUT2D eigenvalue weighted by Gasteiger charge is 1.93. The first-order chi connectivity index (χ1) is 5.26. The maximum absolute atomic E-state index is 5.33. The number of hydrogen-bond acceptors (Lipinski definition) is 3. The molecule has 0 aromatic rings. The van der Waals surface area contributed by atoms with Gasteiger partial charge in [0.15, 0.2) is 0 Å². The average Bonchev–Trinajstić information content (AvgIpc) is 2.05. The van der Waals surface area contributed by atoms with Crippen LogP contribution in [0.4, 0.5) is 0 Å². The van der Waals surface area contributed by atoms with E-state index in [4.69, 9.17) is 5.73 Å². The Morgan fingerprint density at radius 1 is 1.73 bits per heavy atom. The second-order valence-electron chi connectivity index (χ2n) is 1.69. The van der Waals surface area contributed by atoms with Gasteiger partial charge in [0.1, 0.15) is 0 Å². The Bertz CT molecular complexity index is 235. The molecule has 2 nitrogen and oxygen atoms in total. The van der Waals surface area contributed by atoms with Gasteiger partial charge in [0, 0.05) is 40.2 Å². The van der Waals surface area contributed by atoms with Crippen molar-refractivity contribution in [2.45, 2.75) is 6.92 Å². The molecule has 0 aliphatic carbocycles. The summed E-state index contributed by atoms with van der Waals surface area (Å²) in [4.78, 5) is 3.97. The molecule has 0 atom stereocenters. The predicted octanol–water partition coefficient (Wildman–Crippen LogP) is 1.96. The van der Waals surface area contributed by atoms with Gasteiger partial charge in [-0.15, -0.1) is 0 Å². The van der Waals surface area contributed by atoms with Crippen molar-refractivity contribution in [3.05, 3.63) is 11.8 Å². The molecule has 0 aromatic carbocycles. The van der Waals surface area contributed by atoms with Crippen molar-refractivity contribution in [3.8, 4) is 11.2 Å². The quantitative estimate of drug-likeness (QED) is 0.453. The number of allylic oxidation sites excluding steroid dienone is 1. The summed E-state index contributed by atoms with van der Waals surface area (Å²) in [6.45, 7) is 1.88. The second kappa shape index (κ2) is 6.55. The maximum atomic E-state index is 5.33. The van der Waals surface area contributed by atoms with E-state index in [0.717, 1.165) is 11.3 Å². The summed E-state index contributed by atoms with van der Waals surface area (Å²) in [5.74, 6) is 2.88. The lowest BCUT2D eigenvalue weighted by Gasteiger charge is -1.93. The molecule has 60 valence electrons. The Morgan fingerprint density at radius 2 is 2.36 bits per heavy atom. The van der Waals surface area contributed by atoms with E-state index in [0.29, 0.717) is 0 Å². The van der Waals surface area contributed by atoms with Crippen molar-refractivity contribution in [2.75, 3.05) is 7.05 Å². The van der Waals surface area contributed by atoms with Crippen LogP contribution in [-0.2, 0) is 0 Å². The number of halogens is 1. The second-order valence-corrected chi connectivity index (χ2v) is 3.37. The maximum Gasteiger partial charge on any atom is 0.0616 e. The Labute approximate surface area is 83.3 Å². The molecule has 2 N–H and O–H groups in total. The molecule has 0 saturated carbocycles. The molecule has 0 radical (unpaired) electrons. The number of aliphatic imine (C=N–C) groups is 1. The lowest BCUT2D eigenvalue weighted by Crippen LogP contribution is -1.97. The Morgan fingerprint density at radius 3 is 2.73 bits per heavy atom. The molecule has 0 spiro atoms. The van der Waals surface area contributed by atoms with Crippen LogP contribution in [0.1, 0.15) is 6.92 Å². The third kappa shape index (κ3) is 4.32. The highest BCUT2D eigenvalue weighted by Crippen LogP contribution is 2.07. The molecule has 0 bridgehead atoms. The summed E-state index contributed by atoms with van der Waals surface area (Å²) in [6, 6.07) is 0. The number of rotatable bonds is 1. The molecule has 0 fully saturated rings. The van der Waals surface area contributed by atoms with Crippen LogP contribution in [0.15, 0.2) is 16.8 Å². The van der Waals surface area contributed by atoms with Gasteiger partial charge in [-0.3, -0.25) is 4.99 Å². The minimum atomic E-state index is 0.789. The first-order valence-corrected chi connectivity index (χ1v) is 6.26. The van der Waals surface area contributed by atoms with Crippen LogP contribution in [0.2, 0.25) is 0 Å². The van der Waals surface area contributed by atoms with Gasteiger partial charge >= 0.3 is 0 Å². The highest BCUT2D eigenvalue weighted by molar-refractivity contribution is 14.2. The molecule has 0 aliphatic heterocycles. The summed E-state index contributed by atoms with van der Waals surface area (Å²) in [5.41, 5.74) is 6.99. The molecule has 0 rings (SSSR count). The van der Waals surface area contributed by atoms with E-state index >= 15 is 0 Å². The van der Waals surface area contributed by atoms with Gasteiger partial charge in [-0.1, -0.05) is 5.92 Å². The largest absolute Gasteiger partial charge is 0.404 e. The lowest BCUT2D eigenvalue weighted by molar-refractivity contribution is 1.41. The minimum absolute atomic E-state index is 0.789. The first kappa shape index (κ1) is 10.8. The Balaban J connectivity index is 4.45. The zero-order valence-corrected chi connectivity index (χ0v) is 9.36. The normalized spacial score (nSPS) is 12.3. The van der Waals surface area contributed by atoms with Crippen LogP contribution in [0, 0.1) is 11.2 Å². The summed E-state index contributed by atoms with van der Waals surface area (Å²) >= 11 is 2.11. The molecular formula is C7H9IN2S. The molecule has 0 heterocycles. The van der Waals surface area contributed by atoms with Crippen LogP contribution in [-0.4, -0.2) is 12.8 Å². The van der Waals surface area contributed by atoms with Crippen LogP contribution in [0.25, 0.3) is 0 Å². The molecule has 4 heteroatoms. The van der Waals surface area contributed by atoms with E-state index in [-0.39, 0.29) is 0 Å². The number of nitrogens with two attached hydrogens (primary N) is 1. The van der Waals surface area contributed by atoms with E-state index < -0.39 is 0 Å². The van der Waals surface area contributed by atoms with E-state index in [9.17, 15) is 0 Å². The fraction of sp³-hybridized carbons (Fsp3) is 0.286. The van der Waals surface area contributed by atoms with Crippen molar-refractivity contribution >= 4 is 35.9 Å². The van der Waals surface area contributed by atoms with Crippen molar-refractivity contribution in [3.63, 3.8) is 0 Å². The third-order valence-electron chi connectivity index (χ3n) is 1.12. The van der Waals surface area contributed by atoms with Gasteiger partial charge < -0.3 is 5.73 Å². The summed E-state index contributed by atoms with van der Waals surface area (Å²) in [6.07, 6.45) is 1.47. The van der Waals surface area contributed by atoms with E-state index in [1.54, 1.807) is 7.05 Å². The van der Waals surface area contributed by atoms with Gasteiger partial charge in [0.2, 0.25) is 0 Å². The fourth-order valence-electron chi connectivity index (χ4n) is 0.447. The first-order valence-electron chi connectivity index (χ1n) is 2.90. The molecule has 0 aliphatic rings. The van der Waals surface area contributed by atoms with Crippen molar-refractivity contribution < 1.29 is 0 Å². The summed E-state index contributed by atoms with van der Waals surface area (Å²) < 4.78 is 0. The Kier molecular flexibility index (Phi) is 6.46. The van der Waals surface area contributed by atoms with Gasteiger partial charge in [-0.2, -0.15) is 0 Å². The van der Waals surface area contributed by atoms with E-state index in [1.165, 1.54) is 15.1 Å². The van der Waals surface area contributed by atoms with E-state index in [1.807, 2.05) is 6.92 Å². The molecular weight excluding hydrogens is 271 g/mol. The SMILES string of the molecule is CN=C(C)/C(C#CSI)=C\N. The molecule has 0 saturated heterocycles.